The third kappa shape index (κ3) is 4.90. The lowest BCUT2D eigenvalue weighted by Crippen LogP contribution is -2.36. The normalized spacial score (nSPS) is 17.6. The Labute approximate surface area is 221 Å². The average Bonchev–Trinajstić information content (AvgIpc) is 3.35. The molecule has 0 unspecified atom stereocenters. The van der Waals surface area contributed by atoms with Crippen LogP contribution in [-0.2, 0) is 16.0 Å². The van der Waals surface area contributed by atoms with Crippen molar-refractivity contribution in [2.24, 2.45) is 4.99 Å². The van der Waals surface area contributed by atoms with Crippen LogP contribution >= 0.6 is 15.9 Å². The molecule has 1 atom stereocenters. The van der Waals surface area contributed by atoms with E-state index in [0.29, 0.717) is 18.9 Å². The predicted molar refractivity (Wildman–Crippen MR) is 143 cm³/mol. The first kappa shape index (κ1) is 23.5. The van der Waals surface area contributed by atoms with E-state index in [9.17, 15) is 4.79 Å². The third-order valence-corrected chi connectivity index (χ3v) is 6.75. The van der Waals surface area contributed by atoms with E-state index in [1.165, 1.54) is 0 Å². The Kier molecular flexibility index (Phi) is 6.50. The highest BCUT2D eigenvalue weighted by atomic mass is 79.9. The van der Waals surface area contributed by atoms with E-state index in [1.54, 1.807) is 6.20 Å². The molecule has 2 aliphatic heterocycles. The van der Waals surface area contributed by atoms with Crippen molar-refractivity contribution in [1.82, 2.24) is 15.2 Å². The fourth-order valence-corrected chi connectivity index (χ4v) is 4.85. The topological polar surface area (TPSA) is 106 Å². The van der Waals surface area contributed by atoms with Crippen molar-refractivity contribution in [1.29, 1.82) is 0 Å². The number of nitrogens with zero attached hydrogens (tertiary/aromatic N) is 5. The Morgan fingerprint density at radius 1 is 1.00 bits per heavy atom. The SMILES string of the molecule is O=C1Cc2ccccc2C(c2ccccc2)=N[C@@H]1Nc1nnc(-c2ncc(Br)cc2N2CCOCC2)o1. The number of hydrogen-bond acceptors (Lipinski definition) is 9. The number of rotatable bonds is 5. The number of carbonyl (C=O) groups is 1. The predicted octanol–water partition coefficient (Wildman–Crippen LogP) is 4.13. The number of ether oxygens (including phenoxy) is 1. The number of benzene rings is 2. The molecule has 2 aliphatic rings. The number of fused-ring (bicyclic) bond motifs is 1. The molecule has 2 aromatic carbocycles. The third-order valence-electron chi connectivity index (χ3n) is 6.32. The summed E-state index contributed by atoms with van der Waals surface area (Å²) in [5.41, 5.74) is 4.98. The minimum Gasteiger partial charge on any atom is -0.402 e. The van der Waals surface area contributed by atoms with Crippen LogP contribution in [-0.4, -0.2) is 59.1 Å². The molecule has 1 fully saturated rings. The number of morpholine rings is 1. The minimum atomic E-state index is -0.882. The summed E-state index contributed by atoms with van der Waals surface area (Å²) in [7, 11) is 0. The summed E-state index contributed by atoms with van der Waals surface area (Å²) >= 11 is 3.51. The van der Waals surface area contributed by atoms with Gasteiger partial charge in [-0.2, -0.15) is 0 Å². The number of anilines is 2. The molecule has 0 bridgehead atoms. The van der Waals surface area contributed by atoms with Crippen LogP contribution < -0.4 is 10.2 Å². The smallest absolute Gasteiger partial charge is 0.317 e. The zero-order valence-corrected chi connectivity index (χ0v) is 21.4. The molecule has 9 nitrogen and oxygen atoms in total. The maximum atomic E-state index is 13.2. The van der Waals surface area contributed by atoms with Crippen LogP contribution in [0.25, 0.3) is 11.6 Å². The van der Waals surface area contributed by atoms with E-state index in [2.05, 4.69) is 41.3 Å². The molecule has 10 heteroatoms. The van der Waals surface area contributed by atoms with Crippen molar-refractivity contribution in [2.75, 3.05) is 36.5 Å². The number of Topliss-reactive ketones (excluding diaryl/α,β-unsaturated/α-hetero) is 1. The van der Waals surface area contributed by atoms with Crippen molar-refractivity contribution in [3.05, 3.63) is 88.0 Å². The summed E-state index contributed by atoms with van der Waals surface area (Å²) in [6.07, 6.45) is 1.05. The van der Waals surface area contributed by atoms with Gasteiger partial charge < -0.3 is 19.4 Å². The van der Waals surface area contributed by atoms with Gasteiger partial charge in [-0.15, -0.1) is 5.10 Å². The summed E-state index contributed by atoms with van der Waals surface area (Å²) in [5, 5.41) is 11.4. The molecule has 2 aromatic heterocycles. The molecule has 0 spiro atoms. The average molecular weight is 559 g/mol. The highest BCUT2D eigenvalue weighted by molar-refractivity contribution is 9.10. The number of carbonyl (C=O) groups excluding carboxylic acids is 1. The zero-order chi connectivity index (χ0) is 25.2. The second-order valence-corrected chi connectivity index (χ2v) is 9.64. The number of hydrogen-bond donors (Lipinski definition) is 1. The molecule has 0 aliphatic carbocycles. The number of aliphatic imine (C=N–C) groups is 1. The first-order chi connectivity index (χ1) is 18.2. The summed E-state index contributed by atoms with van der Waals surface area (Å²) in [6.45, 7) is 2.74. The van der Waals surface area contributed by atoms with Crippen molar-refractivity contribution >= 4 is 39.1 Å². The van der Waals surface area contributed by atoms with Gasteiger partial charge >= 0.3 is 6.01 Å². The number of pyridine rings is 1. The zero-order valence-electron chi connectivity index (χ0n) is 19.8. The molecule has 1 N–H and O–H groups in total. The van der Waals surface area contributed by atoms with E-state index in [4.69, 9.17) is 14.1 Å². The van der Waals surface area contributed by atoms with E-state index < -0.39 is 6.17 Å². The maximum absolute atomic E-state index is 13.2. The molecule has 37 heavy (non-hydrogen) atoms. The van der Waals surface area contributed by atoms with Crippen LogP contribution in [0, 0.1) is 0 Å². The molecular formula is C27H23BrN6O3. The molecule has 0 saturated carbocycles. The molecule has 0 amide bonds. The monoisotopic (exact) mass is 558 g/mol. The van der Waals surface area contributed by atoms with Crippen LogP contribution in [0.5, 0.6) is 0 Å². The number of nitrogens with one attached hydrogen (secondary N) is 1. The fourth-order valence-electron chi connectivity index (χ4n) is 4.53. The van der Waals surface area contributed by atoms with E-state index >= 15 is 0 Å². The molecule has 0 radical (unpaired) electrons. The van der Waals surface area contributed by atoms with Crippen LogP contribution in [0.4, 0.5) is 11.7 Å². The van der Waals surface area contributed by atoms with Crippen molar-refractivity contribution < 1.29 is 13.9 Å². The van der Waals surface area contributed by atoms with Gasteiger partial charge in [-0.3, -0.25) is 9.79 Å². The maximum Gasteiger partial charge on any atom is 0.317 e. The first-order valence-electron chi connectivity index (χ1n) is 12.0. The Morgan fingerprint density at radius 3 is 2.62 bits per heavy atom. The number of ketones is 1. The highest BCUT2D eigenvalue weighted by Crippen LogP contribution is 2.32. The summed E-state index contributed by atoms with van der Waals surface area (Å²) < 4.78 is 12.3. The lowest BCUT2D eigenvalue weighted by atomic mass is 9.96. The summed E-state index contributed by atoms with van der Waals surface area (Å²) in [4.78, 5) is 24.8. The van der Waals surface area contributed by atoms with Crippen LogP contribution in [0.3, 0.4) is 0 Å². The van der Waals surface area contributed by atoms with Gasteiger partial charge in [0.25, 0.3) is 5.89 Å². The number of aromatic nitrogens is 3. The van der Waals surface area contributed by atoms with Crippen molar-refractivity contribution in [3.63, 3.8) is 0 Å². The Hall–Kier alpha value is -3.89. The van der Waals surface area contributed by atoms with Gasteiger partial charge in [0.15, 0.2) is 17.6 Å². The van der Waals surface area contributed by atoms with Gasteiger partial charge in [-0.25, -0.2) is 4.98 Å². The van der Waals surface area contributed by atoms with Gasteiger partial charge in [0, 0.05) is 41.3 Å². The second kappa shape index (κ2) is 10.2. The van der Waals surface area contributed by atoms with Gasteiger partial charge in [0.05, 0.1) is 24.6 Å². The van der Waals surface area contributed by atoms with Crippen molar-refractivity contribution in [2.45, 2.75) is 12.6 Å². The first-order valence-corrected chi connectivity index (χ1v) is 12.8. The highest BCUT2D eigenvalue weighted by Gasteiger charge is 2.28. The van der Waals surface area contributed by atoms with Crippen LogP contribution in [0.2, 0.25) is 0 Å². The van der Waals surface area contributed by atoms with Crippen LogP contribution in [0.15, 0.2) is 80.7 Å². The molecule has 186 valence electrons. The van der Waals surface area contributed by atoms with Gasteiger partial charge in [0.1, 0.15) is 0 Å². The quantitative estimate of drug-likeness (QED) is 0.389. The fraction of sp³-hybridized carbons (Fsp3) is 0.222. The molecular weight excluding hydrogens is 536 g/mol. The largest absolute Gasteiger partial charge is 0.402 e. The molecule has 6 rings (SSSR count). The lowest BCUT2D eigenvalue weighted by Gasteiger charge is -2.29. The minimum absolute atomic E-state index is 0.0890. The Balaban J connectivity index is 1.32. The molecule has 4 aromatic rings. The summed E-state index contributed by atoms with van der Waals surface area (Å²) in [6, 6.07) is 19.8. The number of halogens is 1. The standard InChI is InChI=1S/C27H23BrN6O3/c28-19-15-21(34-10-12-36-13-11-34)24(29-16-19)26-32-33-27(37-26)31-25-22(35)14-18-8-4-5-9-20(18)23(30-25)17-6-2-1-3-7-17/h1-9,15-16,25H,10-14H2,(H,31,33)/t25-/m1/s1. The van der Waals surface area contributed by atoms with Gasteiger partial charge in [0.2, 0.25) is 0 Å². The van der Waals surface area contributed by atoms with Crippen molar-refractivity contribution in [3.8, 4) is 11.6 Å². The van der Waals surface area contributed by atoms with E-state index in [-0.39, 0.29) is 24.1 Å². The molecule has 4 heterocycles. The Bertz CT molecular complexity index is 1470. The van der Waals surface area contributed by atoms with Gasteiger partial charge in [-0.05, 0) is 27.6 Å². The molecule has 1 saturated heterocycles. The Morgan fingerprint density at radius 2 is 1.78 bits per heavy atom. The van der Waals surface area contributed by atoms with Crippen LogP contribution in [0.1, 0.15) is 16.7 Å². The van der Waals surface area contributed by atoms with E-state index in [0.717, 1.165) is 45.7 Å². The summed E-state index contributed by atoms with van der Waals surface area (Å²) in [5.74, 6) is 0.169. The van der Waals surface area contributed by atoms with Gasteiger partial charge in [-0.1, -0.05) is 59.7 Å². The van der Waals surface area contributed by atoms with E-state index in [1.807, 2.05) is 60.7 Å². The lowest BCUT2D eigenvalue weighted by molar-refractivity contribution is -0.119. The second-order valence-electron chi connectivity index (χ2n) is 8.72.